The van der Waals surface area contributed by atoms with Crippen LogP contribution in [-0.2, 0) is 17.8 Å². The van der Waals surface area contributed by atoms with Crippen LogP contribution in [0, 0.1) is 5.92 Å². The average Bonchev–Trinajstić information content (AvgIpc) is 3.17. The van der Waals surface area contributed by atoms with E-state index < -0.39 is 5.97 Å². The van der Waals surface area contributed by atoms with Crippen LogP contribution in [0.3, 0.4) is 0 Å². The highest BCUT2D eigenvalue weighted by atomic mass is 16.4. The van der Waals surface area contributed by atoms with Gasteiger partial charge in [0.2, 0.25) is 0 Å². The predicted molar refractivity (Wildman–Crippen MR) is 117 cm³/mol. The molecule has 2 heterocycles. The highest BCUT2D eigenvalue weighted by Crippen LogP contribution is 2.31. The van der Waals surface area contributed by atoms with Crippen LogP contribution in [0.2, 0.25) is 0 Å². The predicted octanol–water partition coefficient (Wildman–Crippen LogP) is 5.21. The number of carboxylic acid groups (broad SMARTS) is 1. The molecule has 0 radical (unpaired) electrons. The molecule has 1 fully saturated rings. The van der Waals surface area contributed by atoms with Crippen LogP contribution < -0.4 is 0 Å². The zero-order valence-electron chi connectivity index (χ0n) is 16.6. The maximum Gasteiger partial charge on any atom is 0.309 e. The van der Waals surface area contributed by atoms with Crippen molar-refractivity contribution < 1.29 is 14.3 Å². The molecule has 0 bridgehead atoms. The molecule has 1 aliphatic heterocycles. The maximum atomic E-state index is 10.9. The molecule has 3 aromatic carbocycles. The summed E-state index contributed by atoms with van der Waals surface area (Å²) in [7, 11) is 0. The zero-order chi connectivity index (χ0) is 20.5. The molecular formula is C26H23NO3. The number of likely N-dealkylation sites (tertiary alicyclic amines) is 1. The Kier molecular flexibility index (Phi) is 4.85. The first-order valence-electron chi connectivity index (χ1n) is 10.3. The summed E-state index contributed by atoms with van der Waals surface area (Å²) < 4.78 is 6.28. The molecule has 0 unspecified atom stereocenters. The minimum absolute atomic E-state index is 0.218. The molecule has 1 saturated heterocycles. The van der Waals surface area contributed by atoms with Crippen molar-refractivity contribution in [3.05, 3.63) is 95.6 Å². The minimum atomic E-state index is -0.696. The summed E-state index contributed by atoms with van der Waals surface area (Å²) in [5.41, 5.74) is 5.63. The van der Waals surface area contributed by atoms with Crippen LogP contribution in [0.5, 0.6) is 0 Å². The summed E-state index contributed by atoms with van der Waals surface area (Å²) in [4.78, 5) is 13.1. The molecule has 1 aliphatic rings. The Hall–Kier alpha value is -3.37. The van der Waals surface area contributed by atoms with Crippen molar-refractivity contribution in [1.29, 1.82) is 0 Å². The van der Waals surface area contributed by atoms with Crippen LogP contribution in [0.15, 0.2) is 83.3 Å². The van der Waals surface area contributed by atoms with Gasteiger partial charge in [0.25, 0.3) is 0 Å². The van der Waals surface area contributed by atoms with Gasteiger partial charge in [-0.15, -0.1) is 0 Å². The van der Waals surface area contributed by atoms with E-state index in [0.29, 0.717) is 13.1 Å². The Morgan fingerprint density at radius 2 is 1.70 bits per heavy atom. The molecule has 4 nitrogen and oxygen atoms in total. The van der Waals surface area contributed by atoms with E-state index in [2.05, 4.69) is 77.7 Å². The van der Waals surface area contributed by atoms with Gasteiger partial charge in [0.1, 0.15) is 11.3 Å². The first kappa shape index (κ1) is 18.6. The number of nitrogens with zero attached hydrogens (tertiary/aromatic N) is 1. The monoisotopic (exact) mass is 397 g/mol. The van der Waals surface area contributed by atoms with Gasteiger partial charge in [0.05, 0.1) is 5.92 Å². The number of carboxylic acids is 1. The van der Waals surface area contributed by atoms with Crippen molar-refractivity contribution in [2.45, 2.75) is 13.0 Å². The smallest absolute Gasteiger partial charge is 0.309 e. The molecule has 0 spiro atoms. The van der Waals surface area contributed by atoms with Crippen LogP contribution in [0.4, 0.5) is 0 Å². The van der Waals surface area contributed by atoms with Gasteiger partial charge in [-0.05, 0) is 22.8 Å². The van der Waals surface area contributed by atoms with Crippen LogP contribution in [-0.4, -0.2) is 29.1 Å². The molecule has 0 atom stereocenters. The molecule has 0 aliphatic carbocycles. The van der Waals surface area contributed by atoms with Gasteiger partial charge in [-0.25, -0.2) is 0 Å². The SMILES string of the molecule is O=C(O)C1CN(Cc2ccc(-c3cc4cccc(Cc5ccccc5)c4o3)cc2)C1. The van der Waals surface area contributed by atoms with Crippen molar-refractivity contribution in [2.24, 2.45) is 5.92 Å². The quantitative estimate of drug-likeness (QED) is 0.485. The molecule has 1 aromatic heterocycles. The lowest BCUT2D eigenvalue weighted by atomic mass is 9.99. The first-order valence-corrected chi connectivity index (χ1v) is 10.3. The molecule has 5 rings (SSSR count). The topological polar surface area (TPSA) is 53.7 Å². The number of fused-ring (bicyclic) bond motifs is 1. The van der Waals surface area contributed by atoms with Crippen molar-refractivity contribution in [3.8, 4) is 11.3 Å². The minimum Gasteiger partial charge on any atom is -0.481 e. The summed E-state index contributed by atoms with van der Waals surface area (Å²) in [6.45, 7) is 2.04. The normalized spacial score (nSPS) is 14.7. The van der Waals surface area contributed by atoms with E-state index in [4.69, 9.17) is 9.52 Å². The summed E-state index contributed by atoms with van der Waals surface area (Å²) in [5, 5.41) is 10.1. The van der Waals surface area contributed by atoms with Crippen LogP contribution >= 0.6 is 0 Å². The first-order chi connectivity index (χ1) is 14.7. The van der Waals surface area contributed by atoms with Crippen molar-refractivity contribution in [1.82, 2.24) is 4.90 Å². The molecule has 30 heavy (non-hydrogen) atoms. The van der Waals surface area contributed by atoms with Gasteiger partial charge >= 0.3 is 5.97 Å². The number of carbonyl (C=O) groups is 1. The Morgan fingerprint density at radius 1 is 0.933 bits per heavy atom. The van der Waals surface area contributed by atoms with E-state index in [1.807, 2.05) is 6.07 Å². The third kappa shape index (κ3) is 3.74. The average molecular weight is 397 g/mol. The molecule has 0 amide bonds. The van der Waals surface area contributed by atoms with Gasteiger partial charge in [-0.1, -0.05) is 72.8 Å². The lowest BCUT2D eigenvalue weighted by Crippen LogP contribution is -2.49. The number of aliphatic carboxylic acids is 1. The number of furan rings is 1. The molecule has 0 saturated carbocycles. The fourth-order valence-corrected chi connectivity index (χ4v) is 4.11. The van der Waals surface area contributed by atoms with Crippen molar-refractivity contribution in [2.75, 3.05) is 13.1 Å². The van der Waals surface area contributed by atoms with E-state index in [9.17, 15) is 4.79 Å². The number of hydrogen-bond acceptors (Lipinski definition) is 3. The zero-order valence-corrected chi connectivity index (χ0v) is 16.6. The van der Waals surface area contributed by atoms with Gasteiger partial charge in [-0.3, -0.25) is 9.69 Å². The lowest BCUT2D eigenvalue weighted by molar-refractivity contribution is -0.147. The third-order valence-electron chi connectivity index (χ3n) is 5.81. The van der Waals surface area contributed by atoms with E-state index in [1.54, 1.807) is 0 Å². The molecule has 4 aromatic rings. The summed E-state index contributed by atoms with van der Waals surface area (Å²) in [6.07, 6.45) is 0.844. The Morgan fingerprint density at radius 3 is 2.43 bits per heavy atom. The Labute approximate surface area is 175 Å². The highest BCUT2D eigenvalue weighted by molar-refractivity contribution is 5.85. The fraction of sp³-hybridized carbons (Fsp3) is 0.192. The number of rotatable bonds is 6. The highest BCUT2D eigenvalue weighted by Gasteiger charge is 2.32. The van der Waals surface area contributed by atoms with Crippen molar-refractivity contribution in [3.63, 3.8) is 0 Å². The van der Waals surface area contributed by atoms with Gasteiger partial charge in [0, 0.05) is 37.0 Å². The fourth-order valence-electron chi connectivity index (χ4n) is 4.11. The number of benzene rings is 3. The summed E-state index contributed by atoms with van der Waals surface area (Å²) in [6, 6.07) is 27.2. The maximum absolute atomic E-state index is 10.9. The standard InChI is InChI=1S/C26H23NO3/c28-26(29)23-16-27(17-23)15-19-9-11-20(12-10-19)24-14-22-8-4-7-21(25(22)30-24)13-18-5-2-1-3-6-18/h1-12,14,23H,13,15-17H2,(H,28,29). The van der Waals surface area contributed by atoms with Crippen LogP contribution in [0.1, 0.15) is 16.7 Å². The lowest BCUT2D eigenvalue weighted by Gasteiger charge is -2.36. The second-order valence-electron chi connectivity index (χ2n) is 8.03. The van der Waals surface area contributed by atoms with Gasteiger partial charge < -0.3 is 9.52 Å². The Balaban J connectivity index is 1.34. The van der Waals surface area contributed by atoms with E-state index in [-0.39, 0.29) is 5.92 Å². The summed E-state index contributed by atoms with van der Waals surface area (Å²) in [5.74, 6) is -0.0463. The second-order valence-corrected chi connectivity index (χ2v) is 8.03. The number of para-hydroxylation sites is 1. The second kappa shape index (κ2) is 7.81. The molecule has 1 N–H and O–H groups in total. The molecular weight excluding hydrogens is 374 g/mol. The van der Waals surface area contributed by atoms with E-state index >= 15 is 0 Å². The van der Waals surface area contributed by atoms with Gasteiger partial charge in [-0.2, -0.15) is 0 Å². The van der Waals surface area contributed by atoms with Crippen molar-refractivity contribution >= 4 is 16.9 Å². The van der Waals surface area contributed by atoms with E-state index in [1.165, 1.54) is 16.7 Å². The van der Waals surface area contributed by atoms with E-state index in [0.717, 1.165) is 35.3 Å². The summed E-state index contributed by atoms with van der Waals surface area (Å²) >= 11 is 0. The largest absolute Gasteiger partial charge is 0.481 e. The third-order valence-corrected chi connectivity index (χ3v) is 5.81. The molecule has 150 valence electrons. The number of hydrogen-bond donors (Lipinski definition) is 1. The Bertz CT molecular complexity index is 1170. The van der Waals surface area contributed by atoms with Gasteiger partial charge in [0.15, 0.2) is 0 Å². The van der Waals surface area contributed by atoms with Crippen LogP contribution in [0.25, 0.3) is 22.3 Å². The molecule has 4 heteroatoms.